The highest BCUT2D eigenvalue weighted by Crippen LogP contribution is 2.16. The summed E-state index contributed by atoms with van der Waals surface area (Å²) in [5, 5.41) is 8.31. The summed E-state index contributed by atoms with van der Waals surface area (Å²) in [5.41, 5.74) is 6.61. The topological polar surface area (TPSA) is 55.0 Å². The molecule has 1 fully saturated rings. The lowest BCUT2D eigenvalue weighted by Gasteiger charge is -2.14. The van der Waals surface area contributed by atoms with Gasteiger partial charge in [-0.1, -0.05) is 11.6 Å². The highest BCUT2D eigenvalue weighted by atomic mass is 35.5. The molecule has 1 aliphatic heterocycles. The monoisotopic (exact) mass is 226 g/mol. The Hall–Kier alpha value is -0.710. The van der Waals surface area contributed by atoms with Gasteiger partial charge in [-0.15, -0.1) is 5.10 Å². The van der Waals surface area contributed by atoms with Crippen LogP contribution in [0.25, 0.3) is 0 Å². The van der Waals surface area contributed by atoms with E-state index in [1.807, 2.05) is 6.07 Å². The summed E-state index contributed by atoms with van der Waals surface area (Å²) in [7, 11) is 0. The van der Waals surface area contributed by atoms with E-state index < -0.39 is 0 Å². The molecule has 0 aromatic carbocycles. The predicted molar refractivity (Wildman–Crippen MR) is 59.5 cm³/mol. The maximum absolute atomic E-state index is 5.67. The molecular formula is C10H15ClN4. The lowest BCUT2D eigenvalue weighted by Crippen LogP contribution is -2.23. The van der Waals surface area contributed by atoms with Crippen LogP contribution in [-0.2, 0) is 6.54 Å². The van der Waals surface area contributed by atoms with Crippen LogP contribution in [-0.4, -0.2) is 34.7 Å². The molecule has 5 heteroatoms. The van der Waals surface area contributed by atoms with Crippen molar-refractivity contribution in [3.63, 3.8) is 0 Å². The average molecular weight is 227 g/mol. The van der Waals surface area contributed by atoms with Crippen LogP contribution in [0.5, 0.6) is 0 Å². The van der Waals surface area contributed by atoms with Crippen molar-refractivity contribution in [1.82, 2.24) is 15.1 Å². The second-order valence-corrected chi connectivity index (χ2v) is 4.36. The molecule has 0 spiro atoms. The van der Waals surface area contributed by atoms with Crippen LogP contribution >= 0.6 is 11.6 Å². The Morgan fingerprint density at radius 3 is 2.93 bits per heavy atom. The van der Waals surface area contributed by atoms with Crippen molar-refractivity contribution in [2.75, 3.05) is 19.6 Å². The minimum absolute atomic E-state index is 0.444. The van der Waals surface area contributed by atoms with E-state index in [0.717, 1.165) is 31.9 Å². The Balaban J connectivity index is 1.90. The third-order valence-electron chi connectivity index (χ3n) is 2.78. The fourth-order valence-electron chi connectivity index (χ4n) is 1.91. The molecule has 1 aromatic rings. The van der Waals surface area contributed by atoms with Gasteiger partial charge in [0.15, 0.2) is 5.15 Å². The Kier molecular flexibility index (Phi) is 3.51. The van der Waals surface area contributed by atoms with E-state index in [9.17, 15) is 0 Å². The van der Waals surface area contributed by atoms with Crippen LogP contribution in [0.1, 0.15) is 12.1 Å². The Morgan fingerprint density at radius 2 is 2.33 bits per heavy atom. The molecule has 1 aliphatic rings. The molecule has 0 aliphatic carbocycles. The zero-order chi connectivity index (χ0) is 10.7. The third kappa shape index (κ3) is 2.87. The second kappa shape index (κ2) is 4.88. The SMILES string of the molecule is NC[C@@H]1CCN(Cc2ccc(Cl)nn2)C1. The molecule has 4 nitrogen and oxygen atoms in total. The number of nitrogens with two attached hydrogens (primary N) is 1. The molecule has 1 saturated heterocycles. The zero-order valence-corrected chi connectivity index (χ0v) is 9.32. The Bertz CT molecular complexity index is 314. The molecule has 0 radical (unpaired) electrons. The van der Waals surface area contributed by atoms with Gasteiger partial charge in [-0.3, -0.25) is 4.90 Å². The number of nitrogens with zero attached hydrogens (tertiary/aromatic N) is 3. The van der Waals surface area contributed by atoms with Crippen molar-refractivity contribution in [1.29, 1.82) is 0 Å². The molecule has 2 rings (SSSR count). The molecule has 2 heterocycles. The Morgan fingerprint density at radius 1 is 1.47 bits per heavy atom. The van der Waals surface area contributed by atoms with E-state index in [4.69, 9.17) is 17.3 Å². The number of halogens is 1. The molecule has 15 heavy (non-hydrogen) atoms. The minimum atomic E-state index is 0.444. The van der Waals surface area contributed by atoms with Gasteiger partial charge in [0.2, 0.25) is 0 Å². The summed E-state index contributed by atoms with van der Waals surface area (Å²) in [5.74, 6) is 0.644. The molecule has 0 bridgehead atoms. The standard InChI is InChI=1S/C10H15ClN4/c11-10-2-1-9(13-14-10)7-15-4-3-8(5-12)6-15/h1-2,8H,3-7,12H2/t8-/m0/s1. The fraction of sp³-hybridized carbons (Fsp3) is 0.600. The van der Waals surface area contributed by atoms with E-state index in [-0.39, 0.29) is 0 Å². The lowest BCUT2D eigenvalue weighted by molar-refractivity contribution is 0.313. The van der Waals surface area contributed by atoms with Crippen molar-refractivity contribution < 1.29 is 0 Å². The van der Waals surface area contributed by atoms with E-state index in [1.54, 1.807) is 6.07 Å². The normalized spacial score (nSPS) is 22.1. The van der Waals surface area contributed by atoms with E-state index in [2.05, 4.69) is 15.1 Å². The number of hydrogen-bond acceptors (Lipinski definition) is 4. The average Bonchev–Trinajstić information content (AvgIpc) is 2.69. The van der Waals surface area contributed by atoms with Gasteiger partial charge in [0, 0.05) is 13.1 Å². The highest BCUT2D eigenvalue weighted by Gasteiger charge is 2.21. The third-order valence-corrected chi connectivity index (χ3v) is 2.98. The van der Waals surface area contributed by atoms with Crippen molar-refractivity contribution in [3.05, 3.63) is 23.0 Å². The first-order valence-electron chi connectivity index (χ1n) is 5.18. The summed E-state index contributed by atoms with van der Waals surface area (Å²) >= 11 is 5.67. The summed E-state index contributed by atoms with van der Waals surface area (Å²) in [4.78, 5) is 2.36. The van der Waals surface area contributed by atoms with E-state index in [0.29, 0.717) is 11.1 Å². The summed E-state index contributed by atoms with van der Waals surface area (Å²) in [6, 6.07) is 3.70. The zero-order valence-electron chi connectivity index (χ0n) is 8.56. The molecule has 2 N–H and O–H groups in total. The molecule has 1 atom stereocenters. The van der Waals surface area contributed by atoms with Gasteiger partial charge in [0.25, 0.3) is 0 Å². The van der Waals surface area contributed by atoms with Gasteiger partial charge in [-0.2, -0.15) is 5.10 Å². The van der Waals surface area contributed by atoms with Crippen LogP contribution < -0.4 is 5.73 Å². The summed E-state index contributed by atoms with van der Waals surface area (Å²) < 4.78 is 0. The summed E-state index contributed by atoms with van der Waals surface area (Å²) in [6.45, 7) is 3.80. The van der Waals surface area contributed by atoms with Crippen LogP contribution in [0.15, 0.2) is 12.1 Å². The molecule has 1 aromatic heterocycles. The Labute approximate surface area is 94.4 Å². The van der Waals surface area contributed by atoms with Gasteiger partial charge in [0.05, 0.1) is 5.69 Å². The van der Waals surface area contributed by atoms with Crippen LogP contribution in [0.4, 0.5) is 0 Å². The maximum Gasteiger partial charge on any atom is 0.151 e. The van der Waals surface area contributed by atoms with Crippen molar-refractivity contribution in [2.24, 2.45) is 11.7 Å². The lowest BCUT2D eigenvalue weighted by atomic mass is 10.1. The van der Waals surface area contributed by atoms with E-state index in [1.165, 1.54) is 6.42 Å². The second-order valence-electron chi connectivity index (χ2n) is 3.97. The number of likely N-dealkylation sites (tertiary alicyclic amines) is 1. The smallest absolute Gasteiger partial charge is 0.151 e. The van der Waals surface area contributed by atoms with Gasteiger partial charge >= 0.3 is 0 Å². The van der Waals surface area contributed by atoms with Crippen LogP contribution in [0.3, 0.4) is 0 Å². The van der Waals surface area contributed by atoms with Gasteiger partial charge < -0.3 is 5.73 Å². The number of hydrogen-bond donors (Lipinski definition) is 1. The first-order valence-corrected chi connectivity index (χ1v) is 5.56. The van der Waals surface area contributed by atoms with Gasteiger partial charge in [0.1, 0.15) is 0 Å². The number of rotatable bonds is 3. The van der Waals surface area contributed by atoms with Gasteiger partial charge in [-0.05, 0) is 37.6 Å². The van der Waals surface area contributed by atoms with Crippen molar-refractivity contribution in [3.8, 4) is 0 Å². The number of aromatic nitrogens is 2. The minimum Gasteiger partial charge on any atom is -0.330 e. The molecule has 82 valence electrons. The fourth-order valence-corrected chi connectivity index (χ4v) is 2.01. The quantitative estimate of drug-likeness (QED) is 0.833. The maximum atomic E-state index is 5.67. The largest absolute Gasteiger partial charge is 0.330 e. The van der Waals surface area contributed by atoms with E-state index >= 15 is 0 Å². The molecule has 0 unspecified atom stereocenters. The van der Waals surface area contributed by atoms with Gasteiger partial charge in [-0.25, -0.2) is 0 Å². The van der Waals surface area contributed by atoms with Crippen LogP contribution in [0, 0.1) is 5.92 Å². The van der Waals surface area contributed by atoms with Crippen LogP contribution in [0.2, 0.25) is 5.15 Å². The highest BCUT2D eigenvalue weighted by molar-refractivity contribution is 6.29. The van der Waals surface area contributed by atoms with Crippen molar-refractivity contribution >= 4 is 11.6 Å². The summed E-state index contributed by atoms with van der Waals surface area (Å²) in [6.07, 6.45) is 1.19. The first kappa shape index (κ1) is 10.8. The molecule has 0 amide bonds. The predicted octanol–water partition coefficient (Wildman–Crippen LogP) is 0.911. The van der Waals surface area contributed by atoms with Crippen molar-refractivity contribution in [2.45, 2.75) is 13.0 Å². The molecule has 0 saturated carbocycles. The first-order chi connectivity index (χ1) is 7.28. The molecular weight excluding hydrogens is 212 g/mol.